The van der Waals surface area contributed by atoms with Crippen molar-refractivity contribution in [2.75, 3.05) is 13.1 Å². The highest BCUT2D eigenvalue weighted by molar-refractivity contribution is 5.78. The van der Waals surface area contributed by atoms with Crippen molar-refractivity contribution in [1.29, 1.82) is 5.26 Å². The van der Waals surface area contributed by atoms with Gasteiger partial charge in [-0.3, -0.25) is 15.1 Å². The van der Waals surface area contributed by atoms with Gasteiger partial charge in [-0.1, -0.05) is 13.8 Å². The van der Waals surface area contributed by atoms with Crippen LogP contribution >= 0.6 is 0 Å². The summed E-state index contributed by atoms with van der Waals surface area (Å²) in [7, 11) is 0. The van der Waals surface area contributed by atoms with Crippen LogP contribution in [0.2, 0.25) is 0 Å². The summed E-state index contributed by atoms with van der Waals surface area (Å²) in [5.74, 6) is 4.74. The Hall–Kier alpha value is -1.12. The molecule has 86 valence electrons. The molecule has 0 saturated carbocycles. The molecule has 0 aromatic rings. The van der Waals surface area contributed by atoms with Crippen LogP contribution in [0.4, 0.5) is 0 Å². The molecular formula is C10H20N4O. The van der Waals surface area contributed by atoms with E-state index in [1.54, 1.807) is 0 Å². The number of nitrogens with two attached hydrogens (primary N) is 1. The standard InChI is InChI=1S/C10H20N4O/c1-4-14(7-5-6-11)9(3)8(2)10(15)13-12/h8-9H,4-5,7,12H2,1-3H3,(H,13,15). The lowest BCUT2D eigenvalue weighted by molar-refractivity contribution is -0.126. The lowest BCUT2D eigenvalue weighted by Gasteiger charge is -2.30. The topological polar surface area (TPSA) is 82.2 Å². The number of amides is 1. The van der Waals surface area contributed by atoms with E-state index in [0.29, 0.717) is 13.0 Å². The van der Waals surface area contributed by atoms with Gasteiger partial charge in [0.2, 0.25) is 5.91 Å². The fourth-order valence-electron chi connectivity index (χ4n) is 1.51. The van der Waals surface area contributed by atoms with Crippen LogP contribution in [-0.4, -0.2) is 29.9 Å². The highest BCUT2D eigenvalue weighted by atomic mass is 16.2. The molecule has 0 aromatic heterocycles. The summed E-state index contributed by atoms with van der Waals surface area (Å²) in [6, 6.07) is 2.19. The van der Waals surface area contributed by atoms with Gasteiger partial charge >= 0.3 is 0 Å². The molecule has 15 heavy (non-hydrogen) atoms. The van der Waals surface area contributed by atoms with E-state index in [9.17, 15) is 4.79 Å². The molecule has 0 fully saturated rings. The third-order valence-corrected chi connectivity index (χ3v) is 2.77. The summed E-state index contributed by atoms with van der Waals surface area (Å²) in [6.07, 6.45) is 0.481. The second-order valence-electron chi connectivity index (χ2n) is 3.57. The van der Waals surface area contributed by atoms with Crippen molar-refractivity contribution in [1.82, 2.24) is 10.3 Å². The molecule has 3 N–H and O–H groups in total. The quantitative estimate of drug-likeness (QED) is 0.375. The predicted molar refractivity (Wildman–Crippen MR) is 58.4 cm³/mol. The number of nitrogens with zero attached hydrogens (tertiary/aromatic N) is 2. The molecule has 1 amide bonds. The maximum atomic E-state index is 11.3. The van der Waals surface area contributed by atoms with Crippen molar-refractivity contribution in [3.63, 3.8) is 0 Å². The summed E-state index contributed by atoms with van der Waals surface area (Å²) < 4.78 is 0. The van der Waals surface area contributed by atoms with E-state index in [0.717, 1.165) is 6.54 Å². The van der Waals surface area contributed by atoms with E-state index in [1.165, 1.54) is 0 Å². The van der Waals surface area contributed by atoms with Gasteiger partial charge in [0.1, 0.15) is 0 Å². The monoisotopic (exact) mass is 212 g/mol. The number of hydrazine groups is 1. The average Bonchev–Trinajstić information content (AvgIpc) is 2.27. The third kappa shape index (κ3) is 4.28. The van der Waals surface area contributed by atoms with Crippen LogP contribution in [0.5, 0.6) is 0 Å². The van der Waals surface area contributed by atoms with E-state index in [4.69, 9.17) is 11.1 Å². The van der Waals surface area contributed by atoms with E-state index in [-0.39, 0.29) is 17.9 Å². The molecule has 0 aliphatic carbocycles. The van der Waals surface area contributed by atoms with Crippen LogP contribution in [0.1, 0.15) is 27.2 Å². The number of rotatable bonds is 6. The van der Waals surface area contributed by atoms with Gasteiger partial charge in [0.25, 0.3) is 0 Å². The SMILES string of the molecule is CCN(CCC#N)C(C)C(C)C(=O)NN. The van der Waals surface area contributed by atoms with Crippen molar-refractivity contribution in [3.05, 3.63) is 0 Å². The van der Waals surface area contributed by atoms with Gasteiger partial charge in [0, 0.05) is 19.0 Å². The molecule has 0 heterocycles. The number of hydrogen-bond acceptors (Lipinski definition) is 4. The van der Waals surface area contributed by atoms with Gasteiger partial charge in [-0.2, -0.15) is 5.26 Å². The fourth-order valence-corrected chi connectivity index (χ4v) is 1.51. The lowest BCUT2D eigenvalue weighted by atomic mass is 10.0. The van der Waals surface area contributed by atoms with E-state index >= 15 is 0 Å². The maximum Gasteiger partial charge on any atom is 0.238 e. The second-order valence-corrected chi connectivity index (χ2v) is 3.57. The summed E-state index contributed by atoms with van der Waals surface area (Å²) in [6.45, 7) is 7.34. The summed E-state index contributed by atoms with van der Waals surface area (Å²) in [5.41, 5.74) is 2.15. The third-order valence-electron chi connectivity index (χ3n) is 2.77. The number of nitriles is 1. The molecule has 0 radical (unpaired) electrons. The highest BCUT2D eigenvalue weighted by Crippen LogP contribution is 2.11. The van der Waals surface area contributed by atoms with Gasteiger partial charge < -0.3 is 0 Å². The largest absolute Gasteiger partial charge is 0.299 e. The van der Waals surface area contributed by atoms with E-state index in [2.05, 4.69) is 16.4 Å². The lowest BCUT2D eigenvalue weighted by Crippen LogP contribution is -2.46. The van der Waals surface area contributed by atoms with Crippen LogP contribution in [-0.2, 0) is 4.79 Å². The Kier molecular flexibility index (Phi) is 6.67. The highest BCUT2D eigenvalue weighted by Gasteiger charge is 2.23. The first kappa shape index (κ1) is 13.9. The van der Waals surface area contributed by atoms with Crippen LogP contribution < -0.4 is 11.3 Å². The van der Waals surface area contributed by atoms with Gasteiger partial charge in [0.15, 0.2) is 0 Å². The summed E-state index contributed by atoms with van der Waals surface area (Å²) in [5, 5.41) is 8.51. The normalized spacial score (nSPS) is 14.4. The molecule has 0 bridgehead atoms. The molecule has 2 unspecified atom stereocenters. The van der Waals surface area contributed by atoms with Gasteiger partial charge in [-0.05, 0) is 13.5 Å². The van der Waals surface area contributed by atoms with Crippen molar-refractivity contribution >= 4 is 5.91 Å². The summed E-state index contributed by atoms with van der Waals surface area (Å²) in [4.78, 5) is 13.4. The van der Waals surface area contributed by atoms with E-state index < -0.39 is 0 Å². The molecule has 5 heteroatoms. The minimum absolute atomic E-state index is 0.0897. The Morgan fingerprint density at radius 2 is 2.20 bits per heavy atom. The fraction of sp³-hybridized carbons (Fsp3) is 0.800. The Morgan fingerprint density at radius 1 is 1.60 bits per heavy atom. The first-order valence-corrected chi connectivity index (χ1v) is 5.19. The molecule has 0 saturated heterocycles. The van der Waals surface area contributed by atoms with Crippen LogP contribution in [0, 0.1) is 17.2 Å². The van der Waals surface area contributed by atoms with Crippen molar-refractivity contribution in [3.8, 4) is 6.07 Å². The van der Waals surface area contributed by atoms with Gasteiger partial charge in [-0.25, -0.2) is 5.84 Å². The molecule has 0 rings (SSSR count). The molecule has 0 aliphatic heterocycles. The van der Waals surface area contributed by atoms with Crippen molar-refractivity contribution < 1.29 is 4.79 Å². The van der Waals surface area contributed by atoms with Gasteiger partial charge in [-0.15, -0.1) is 0 Å². The zero-order chi connectivity index (χ0) is 11.8. The number of carbonyl (C=O) groups is 1. The van der Waals surface area contributed by atoms with Crippen LogP contribution in [0.15, 0.2) is 0 Å². The smallest absolute Gasteiger partial charge is 0.238 e. The number of hydrogen-bond donors (Lipinski definition) is 2. The Balaban J connectivity index is 4.30. The van der Waals surface area contributed by atoms with Crippen molar-refractivity contribution in [2.45, 2.75) is 33.2 Å². The Morgan fingerprint density at radius 3 is 2.60 bits per heavy atom. The average molecular weight is 212 g/mol. The first-order valence-electron chi connectivity index (χ1n) is 5.19. The minimum atomic E-state index is -0.173. The summed E-state index contributed by atoms with van der Waals surface area (Å²) >= 11 is 0. The molecule has 5 nitrogen and oxygen atoms in total. The second kappa shape index (κ2) is 7.21. The van der Waals surface area contributed by atoms with Crippen LogP contribution in [0.3, 0.4) is 0 Å². The minimum Gasteiger partial charge on any atom is -0.299 e. The Bertz CT molecular complexity index is 236. The molecule has 0 aliphatic rings. The number of nitrogens with one attached hydrogen (secondary N) is 1. The molecule has 0 spiro atoms. The molecule has 0 aromatic carbocycles. The van der Waals surface area contributed by atoms with Crippen LogP contribution in [0.25, 0.3) is 0 Å². The first-order chi connectivity index (χ1) is 7.08. The number of carbonyl (C=O) groups excluding carboxylic acids is 1. The molecular weight excluding hydrogens is 192 g/mol. The zero-order valence-corrected chi connectivity index (χ0v) is 9.66. The maximum absolute atomic E-state index is 11.3. The van der Waals surface area contributed by atoms with Gasteiger partial charge in [0.05, 0.1) is 12.0 Å². The predicted octanol–water partition coefficient (Wildman–Crippen LogP) is 0.236. The zero-order valence-electron chi connectivity index (χ0n) is 9.66. The molecule has 2 atom stereocenters. The van der Waals surface area contributed by atoms with Crippen molar-refractivity contribution in [2.24, 2.45) is 11.8 Å². The Labute approximate surface area is 91.2 Å². The van der Waals surface area contributed by atoms with E-state index in [1.807, 2.05) is 20.8 Å².